The van der Waals surface area contributed by atoms with Gasteiger partial charge in [-0.25, -0.2) is 0 Å². The molecule has 1 aromatic carbocycles. The number of aliphatic hydroxyl groups is 1. The summed E-state index contributed by atoms with van der Waals surface area (Å²) in [5.41, 5.74) is 1.29. The van der Waals surface area contributed by atoms with Gasteiger partial charge in [0, 0.05) is 12.1 Å². The fourth-order valence-electron chi connectivity index (χ4n) is 2.29. The Kier molecular flexibility index (Phi) is 3.39. The summed E-state index contributed by atoms with van der Waals surface area (Å²) < 4.78 is 0. The monoisotopic (exact) mass is 205 g/mol. The van der Waals surface area contributed by atoms with Crippen molar-refractivity contribution >= 4 is 0 Å². The Morgan fingerprint density at radius 2 is 2.00 bits per heavy atom. The van der Waals surface area contributed by atoms with Gasteiger partial charge in [-0.05, 0) is 31.7 Å². The smallest absolute Gasteiger partial charge is 0.0693 e. The average molecular weight is 205 g/mol. The topological polar surface area (TPSA) is 32.3 Å². The third-order valence-electron chi connectivity index (χ3n) is 3.24. The van der Waals surface area contributed by atoms with Crippen molar-refractivity contribution < 1.29 is 5.11 Å². The van der Waals surface area contributed by atoms with Crippen molar-refractivity contribution in [1.82, 2.24) is 5.32 Å². The van der Waals surface area contributed by atoms with E-state index < -0.39 is 0 Å². The second kappa shape index (κ2) is 4.77. The Balaban J connectivity index is 1.95. The number of rotatable bonds is 3. The van der Waals surface area contributed by atoms with E-state index in [0.29, 0.717) is 6.04 Å². The molecule has 0 unspecified atom stereocenters. The molecule has 1 aliphatic rings. The first kappa shape index (κ1) is 10.7. The Labute approximate surface area is 91.3 Å². The molecule has 0 aromatic heterocycles. The first-order chi connectivity index (χ1) is 7.27. The molecule has 2 heteroatoms. The minimum absolute atomic E-state index is 0.156. The van der Waals surface area contributed by atoms with Crippen molar-refractivity contribution in [3.8, 4) is 0 Å². The lowest BCUT2D eigenvalue weighted by Gasteiger charge is -2.22. The molecule has 1 aliphatic carbocycles. The molecule has 0 heterocycles. The van der Waals surface area contributed by atoms with E-state index in [1.54, 1.807) is 0 Å². The quantitative estimate of drug-likeness (QED) is 0.793. The Hall–Kier alpha value is -0.860. The van der Waals surface area contributed by atoms with E-state index >= 15 is 0 Å². The molecule has 2 nitrogen and oxygen atoms in total. The lowest BCUT2D eigenvalue weighted by molar-refractivity contribution is 0.144. The Bertz CT molecular complexity index is 299. The normalized spacial score (nSPS) is 27.9. The zero-order valence-corrected chi connectivity index (χ0v) is 9.19. The van der Waals surface area contributed by atoms with Gasteiger partial charge in [0.05, 0.1) is 6.10 Å². The van der Waals surface area contributed by atoms with E-state index in [2.05, 4.69) is 36.5 Å². The fraction of sp³-hybridized carbons (Fsp3) is 0.538. The van der Waals surface area contributed by atoms with E-state index in [-0.39, 0.29) is 12.1 Å². The number of hydrogen-bond acceptors (Lipinski definition) is 2. The molecule has 0 spiro atoms. The van der Waals surface area contributed by atoms with Crippen LogP contribution in [0.1, 0.15) is 37.8 Å². The molecule has 0 amide bonds. The number of benzene rings is 1. The second-order valence-electron chi connectivity index (χ2n) is 4.40. The first-order valence-electron chi connectivity index (χ1n) is 5.76. The van der Waals surface area contributed by atoms with E-state index in [1.165, 1.54) is 5.56 Å². The van der Waals surface area contributed by atoms with Crippen LogP contribution < -0.4 is 5.32 Å². The summed E-state index contributed by atoms with van der Waals surface area (Å²) in [6, 6.07) is 11.0. The first-order valence-corrected chi connectivity index (χ1v) is 5.76. The van der Waals surface area contributed by atoms with Crippen molar-refractivity contribution in [2.75, 3.05) is 0 Å². The van der Waals surface area contributed by atoms with E-state index in [1.807, 2.05) is 6.07 Å². The molecule has 2 rings (SSSR count). The predicted octanol–water partition coefficient (Wildman–Crippen LogP) is 2.25. The summed E-state index contributed by atoms with van der Waals surface area (Å²) in [6.07, 6.45) is 3.02. The maximum atomic E-state index is 9.72. The number of aliphatic hydroxyl groups excluding tert-OH is 1. The molecule has 3 atom stereocenters. The van der Waals surface area contributed by atoms with Crippen molar-refractivity contribution in [2.24, 2.45) is 0 Å². The van der Waals surface area contributed by atoms with Gasteiger partial charge in [0.2, 0.25) is 0 Å². The highest BCUT2D eigenvalue weighted by Gasteiger charge is 2.26. The zero-order valence-electron chi connectivity index (χ0n) is 9.19. The van der Waals surface area contributed by atoms with Gasteiger partial charge in [-0.15, -0.1) is 0 Å². The molecular formula is C13H19NO. The van der Waals surface area contributed by atoms with Gasteiger partial charge in [-0.1, -0.05) is 30.3 Å². The van der Waals surface area contributed by atoms with Crippen LogP contribution >= 0.6 is 0 Å². The van der Waals surface area contributed by atoms with Crippen molar-refractivity contribution in [3.63, 3.8) is 0 Å². The standard InChI is InChI=1S/C13H19NO/c1-10(11-6-3-2-4-7-11)14-12-8-5-9-13(12)15/h2-4,6-7,10,12-15H,5,8-9H2,1H3/t10-,12-,13-/m1/s1. The lowest BCUT2D eigenvalue weighted by atomic mass is 10.1. The van der Waals surface area contributed by atoms with Crippen molar-refractivity contribution in [1.29, 1.82) is 0 Å². The summed E-state index contributed by atoms with van der Waals surface area (Å²) in [5.74, 6) is 0. The van der Waals surface area contributed by atoms with Crippen LogP contribution in [0.25, 0.3) is 0 Å². The van der Waals surface area contributed by atoms with Gasteiger partial charge >= 0.3 is 0 Å². The van der Waals surface area contributed by atoms with Crippen molar-refractivity contribution in [3.05, 3.63) is 35.9 Å². The van der Waals surface area contributed by atoms with Crippen LogP contribution in [0.15, 0.2) is 30.3 Å². The maximum Gasteiger partial charge on any atom is 0.0693 e. The molecule has 15 heavy (non-hydrogen) atoms. The molecule has 1 aromatic rings. The number of hydrogen-bond donors (Lipinski definition) is 2. The molecule has 0 aliphatic heterocycles. The van der Waals surface area contributed by atoms with Crippen LogP contribution in [0.2, 0.25) is 0 Å². The molecule has 0 bridgehead atoms. The third kappa shape index (κ3) is 2.58. The lowest BCUT2D eigenvalue weighted by Crippen LogP contribution is -2.37. The van der Waals surface area contributed by atoms with Crippen LogP contribution in [-0.4, -0.2) is 17.3 Å². The van der Waals surface area contributed by atoms with Crippen LogP contribution in [-0.2, 0) is 0 Å². The van der Waals surface area contributed by atoms with E-state index in [0.717, 1.165) is 19.3 Å². The zero-order chi connectivity index (χ0) is 10.7. The summed E-state index contributed by atoms with van der Waals surface area (Å²) >= 11 is 0. The van der Waals surface area contributed by atoms with Gasteiger partial charge < -0.3 is 10.4 Å². The number of nitrogens with one attached hydrogen (secondary N) is 1. The van der Waals surface area contributed by atoms with Gasteiger partial charge in [-0.3, -0.25) is 0 Å². The highest BCUT2D eigenvalue weighted by Crippen LogP contribution is 2.22. The summed E-state index contributed by atoms with van der Waals surface area (Å²) in [6.45, 7) is 2.15. The minimum Gasteiger partial charge on any atom is -0.392 e. The maximum absolute atomic E-state index is 9.72. The molecule has 0 radical (unpaired) electrons. The van der Waals surface area contributed by atoms with Gasteiger partial charge in [-0.2, -0.15) is 0 Å². The molecule has 1 fully saturated rings. The SMILES string of the molecule is C[C@@H](N[C@@H]1CCC[C@H]1O)c1ccccc1. The largest absolute Gasteiger partial charge is 0.392 e. The Morgan fingerprint density at radius 1 is 1.27 bits per heavy atom. The molecular weight excluding hydrogens is 186 g/mol. The van der Waals surface area contributed by atoms with Crippen molar-refractivity contribution in [2.45, 2.75) is 44.4 Å². The highest BCUT2D eigenvalue weighted by molar-refractivity contribution is 5.18. The third-order valence-corrected chi connectivity index (χ3v) is 3.24. The van der Waals surface area contributed by atoms with Gasteiger partial charge in [0.15, 0.2) is 0 Å². The average Bonchev–Trinajstić information content (AvgIpc) is 2.66. The van der Waals surface area contributed by atoms with E-state index in [4.69, 9.17) is 0 Å². The predicted molar refractivity (Wildman–Crippen MR) is 61.6 cm³/mol. The second-order valence-corrected chi connectivity index (χ2v) is 4.40. The highest BCUT2D eigenvalue weighted by atomic mass is 16.3. The summed E-state index contributed by atoms with van der Waals surface area (Å²) in [7, 11) is 0. The van der Waals surface area contributed by atoms with Crippen LogP contribution in [0.4, 0.5) is 0 Å². The van der Waals surface area contributed by atoms with Crippen LogP contribution in [0.5, 0.6) is 0 Å². The molecule has 0 saturated heterocycles. The fourth-order valence-corrected chi connectivity index (χ4v) is 2.29. The van der Waals surface area contributed by atoms with E-state index in [9.17, 15) is 5.11 Å². The molecule has 82 valence electrons. The molecule has 2 N–H and O–H groups in total. The molecule has 1 saturated carbocycles. The van der Waals surface area contributed by atoms with Gasteiger partial charge in [0.1, 0.15) is 0 Å². The summed E-state index contributed by atoms with van der Waals surface area (Å²) in [5, 5.41) is 13.2. The summed E-state index contributed by atoms with van der Waals surface area (Å²) in [4.78, 5) is 0. The van der Waals surface area contributed by atoms with Crippen LogP contribution in [0, 0.1) is 0 Å². The Morgan fingerprint density at radius 3 is 2.60 bits per heavy atom. The minimum atomic E-state index is -0.156. The van der Waals surface area contributed by atoms with Crippen LogP contribution in [0.3, 0.4) is 0 Å². The van der Waals surface area contributed by atoms with Gasteiger partial charge in [0.25, 0.3) is 0 Å².